The second-order valence-electron chi connectivity index (χ2n) is 8.65. The van der Waals surface area contributed by atoms with E-state index in [9.17, 15) is 4.79 Å². The summed E-state index contributed by atoms with van der Waals surface area (Å²) in [7, 11) is 1.64. The highest BCUT2D eigenvalue weighted by atomic mass is 16.5. The van der Waals surface area contributed by atoms with Gasteiger partial charge in [-0.05, 0) is 56.2 Å². The van der Waals surface area contributed by atoms with Crippen molar-refractivity contribution in [3.63, 3.8) is 0 Å². The van der Waals surface area contributed by atoms with Crippen molar-refractivity contribution >= 4 is 17.2 Å². The van der Waals surface area contributed by atoms with Crippen molar-refractivity contribution in [3.8, 4) is 0 Å². The van der Waals surface area contributed by atoms with E-state index >= 15 is 0 Å². The molecule has 2 aliphatic rings. The van der Waals surface area contributed by atoms with Crippen molar-refractivity contribution in [1.82, 2.24) is 14.7 Å². The van der Waals surface area contributed by atoms with Crippen molar-refractivity contribution in [2.24, 2.45) is 0 Å². The molecule has 156 valence electrons. The Morgan fingerprint density at radius 1 is 1.27 bits per heavy atom. The van der Waals surface area contributed by atoms with Crippen molar-refractivity contribution in [3.05, 3.63) is 64.1 Å². The van der Waals surface area contributed by atoms with Crippen molar-refractivity contribution in [1.29, 1.82) is 0 Å². The lowest BCUT2D eigenvalue weighted by Gasteiger charge is -2.37. The summed E-state index contributed by atoms with van der Waals surface area (Å²) in [4.78, 5) is 17.9. The van der Waals surface area contributed by atoms with Gasteiger partial charge in [-0.15, -0.1) is 0 Å². The maximum absolute atomic E-state index is 13.0. The molecule has 6 nitrogen and oxygen atoms in total. The zero-order chi connectivity index (χ0) is 20.9. The van der Waals surface area contributed by atoms with Gasteiger partial charge >= 0.3 is 0 Å². The van der Waals surface area contributed by atoms with E-state index in [0.29, 0.717) is 13.2 Å². The molecular formula is C24H28N4O2. The van der Waals surface area contributed by atoms with Crippen LogP contribution in [0.2, 0.25) is 0 Å². The fourth-order valence-electron chi connectivity index (χ4n) is 5.04. The number of aryl methyl sites for hydroxylation is 2. The van der Waals surface area contributed by atoms with E-state index in [1.165, 1.54) is 11.1 Å². The lowest BCUT2D eigenvalue weighted by atomic mass is 9.82. The summed E-state index contributed by atoms with van der Waals surface area (Å²) in [5, 5.41) is 6.87. The fourth-order valence-corrected chi connectivity index (χ4v) is 5.04. The molecule has 1 aromatic carbocycles. The summed E-state index contributed by atoms with van der Waals surface area (Å²) < 4.78 is 7.15. The topological polar surface area (TPSA) is 67.7 Å². The summed E-state index contributed by atoms with van der Waals surface area (Å²) in [5.74, 6) is -0.0524. The van der Waals surface area contributed by atoms with Gasteiger partial charge in [-0.2, -0.15) is 0 Å². The number of hydrogen-bond acceptors (Lipinski definition) is 4. The van der Waals surface area contributed by atoms with Crippen molar-refractivity contribution < 1.29 is 9.53 Å². The number of nitrogens with zero attached hydrogens (tertiary/aromatic N) is 2. The number of hydrogen-bond donors (Lipinski definition) is 2. The lowest BCUT2D eigenvalue weighted by Crippen LogP contribution is -2.43. The Bertz CT molecular complexity index is 1120. The molecule has 1 aliphatic heterocycles. The molecule has 0 atom stereocenters. The van der Waals surface area contributed by atoms with Gasteiger partial charge in [0, 0.05) is 31.1 Å². The van der Waals surface area contributed by atoms with Gasteiger partial charge in [0.1, 0.15) is 0 Å². The van der Waals surface area contributed by atoms with Crippen molar-refractivity contribution in [2.45, 2.75) is 45.1 Å². The monoisotopic (exact) mass is 404 g/mol. The van der Waals surface area contributed by atoms with Gasteiger partial charge in [0.05, 0.1) is 23.6 Å². The zero-order valence-electron chi connectivity index (χ0n) is 17.8. The number of methoxy groups -OCH3 is 1. The Labute approximate surface area is 176 Å². The number of aromatic nitrogens is 2. The molecule has 3 aromatic rings. The van der Waals surface area contributed by atoms with E-state index in [2.05, 4.69) is 46.2 Å². The maximum atomic E-state index is 13.0. The van der Waals surface area contributed by atoms with Gasteiger partial charge in [0.15, 0.2) is 5.65 Å². The summed E-state index contributed by atoms with van der Waals surface area (Å²) in [5.41, 5.74) is 8.64. The Hall–Kier alpha value is -2.86. The number of benzene rings is 1. The third kappa shape index (κ3) is 2.98. The Balaban J connectivity index is 1.58. The lowest BCUT2D eigenvalue weighted by molar-refractivity contribution is 0.0935. The summed E-state index contributed by atoms with van der Waals surface area (Å²) >= 11 is 0. The first-order valence-electron chi connectivity index (χ1n) is 10.6. The van der Waals surface area contributed by atoms with E-state index in [0.717, 1.165) is 59.5 Å². The molecule has 30 heavy (non-hydrogen) atoms. The minimum Gasteiger partial charge on any atom is -0.383 e. The SMILES string of the molecule is COCCNC(=O)c1cn2c(C)c(C)nc2c2c1CCC1(Cc3ccccc3C1)N2. The molecule has 6 heteroatoms. The Morgan fingerprint density at radius 2 is 2.00 bits per heavy atom. The average Bonchev–Trinajstić information content (AvgIpc) is 3.24. The number of imidazole rings is 1. The summed E-state index contributed by atoms with van der Waals surface area (Å²) in [6.07, 6.45) is 5.84. The van der Waals surface area contributed by atoms with Crippen LogP contribution < -0.4 is 10.6 Å². The van der Waals surface area contributed by atoms with Gasteiger partial charge in [0.2, 0.25) is 0 Å². The van der Waals surface area contributed by atoms with Gasteiger partial charge in [0.25, 0.3) is 5.91 Å². The number of amides is 1. The van der Waals surface area contributed by atoms with Gasteiger partial charge in [-0.25, -0.2) is 4.98 Å². The average molecular weight is 405 g/mol. The molecular weight excluding hydrogens is 376 g/mol. The summed E-state index contributed by atoms with van der Waals surface area (Å²) in [6, 6.07) is 8.72. The third-order valence-electron chi connectivity index (χ3n) is 6.75. The van der Waals surface area contributed by atoms with E-state index in [-0.39, 0.29) is 11.4 Å². The highest BCUT2D eigenvalue weighted by molar-refractivity contribution is 5.99. The molecule has 2 N–H and O–H groups in total. The number of nitrogens with one attached hydrogen (secondary N) is 2. The molecule has 3 heterocycles. The van der Waals surface area contributed by atoms with E-state index in [4.69, 9.17) is 9.72 Å². The first kappa shape index (κ1) is 19.1. The zero-order valence-corrected chi connectivity index (χ0v) is 17.8. The Morgan fingerprint density at radius 3 is 2.70 bits per heavy atom. The number of carbonyl (C=O) groups excluding carboxylic acids is 1. The van der Waals surface area contributed by atoms with Gasteiger partial charge in [-0.1, -0.05) is 24.3 Å². The first-order valence-corrected chi connectivity index (χ1v) is 10.6. The van der Waals surface area contributed by atoms with Crippen LogP contribution >= 0.6 is 0 Å². The highest BCUT2D eigenvalue weighted by Gasteiger charge is 2.41. The first-order chi connectivity index (χ1) is 14.5. The van der Waals surface area contributed by atoms with Crippen LogP contribution in [0.4, 0.5) is 5.69 Å². The molecule has 0 saturated heterocycles. The number of pyridine rings is 1. The van der Waals surface area contributed by atoms with Crippen LogP contribution in [0.3, 0.4) is 0 Å². The van der Waals surface area contributed by atoms with Crippen LogP contribution in [0.15, 0.2) is 30.5 Å². The van der Waals surface area contributed by atoms with Crippen molar-refractivity contribution in [2.75, 3.05) is 25.6 Å². The Kier molecular flexibility index (Phi) is 4.54. The molecule has 1 spiro atoms. The number of ether oxygens (including phenoxy) is 1. The molecule has 0 radical (unpaired) electrons. The minimum atomic E-state index is -0.0524. The summed E-state index contributed by atoms with van der Waals surface area (Å²) in [6.45, 7) is 5.07. The van der Waals surface area contributed by atoms with E-state index in [1.807, 2.05) is 13.1 Å². The second kappa shape index (κ2) is 7.13. The van der Waals surface area contributed by atoms with E-state index in [1.54, 1.807) is 7.11 Å². The molecule has 0 unspecified atom stereocenters. The smallest absolute Gasteiger partial charge is 0.253 e. The van der Waals surface area contributed by atoms with E-state index < -0.39 is 0 Å². The predicted octanol–water partition coefficient (Wildman–Crippen LogP) is 3.22. The fraction of sp³-hybridized carbons (Fsp3) is 0.417. The van der Waals surface area contributed by atoms with Crippen LogP contribution in [0.5, 0.6) is 0 Å². The van der Waals surface area contributed by atoms with Crippen LogP contribution in [-0.2, 0) is 24.0 Å². The number of rotatable bonds is 4. The normalized spacial score (nSPS) is 16.4. The largest absolute Gasteiger partial charge is 0.383 e. The third-order valence-corrected chi connectivity index (χ3v) is 6.75. The van der Waals surface area contributed by atoms with Gasteiger partial charge in [-0.3, -0.25) is 4.79 Å². The molecule has 0 fully saturated rings. The minimum absolute atomic E-state index is 0.00388. The quantitative estimate of drug-likeness (QED) is 0.655. The number of fused-ring (bicyclic) bond motifs is 4. The number of anilines is 1. The van der Waals surface area contributed by atoms with Crippen LogP contribution in [0.25, 0.3) is 5.65 Å². The molecule has 0 saturated carbocycles. The highest BCUT2D eigenvalue weighted by Crippen LogP contribution is 2.43. The van der Waals surface area contributed by atoms with Crippen LogP contribution in [0, 0.1) is 13.8 Å². The maximum Gasteiger partial charge on any atom is 0.253 e. The predicted molar refractivity (Wildman–Crippen MR) is 117 cm³/mol. The van der Waals surface area contributed by atoms with Crippen LogP contribution in [0.1, 0.15) is 44.9 Å². The molecule has 2 aromatic heterocycles. The molecule has 1 amide bonds. The molecule has 5 rings (SSSR count). The molecule has 0 bridgehead atoms. The standard InChI is InChI=1S/C24H28N4O2/c1-15-16(2)28-14-20(23(29)25-10-11-30-3)19-8-9-24(27-21(19)22(28)26-15)12-17-6-4-5-7-18(17)13-24/h4-7,14,27H,8-13H2,1-3H3,(H,25,29). The number of carbonyl (C=O) groups is 1. The van der Waals surface area contributed by atoms with Gasteiger partial charge < -0.3 is 19.8 Å². The van der Waals surface area contributed by atoms with Crippen LogP contribution in [-0.4, -0.2) is 41.1 Å². The second-order valence-corrected chi connectivity index (χ2v) is 8.65. The molecule has 1 aliphatic carbocycles.